The van der Waals surface area contributed by atoms with Gasteiger partial charge in [-0.1, -0.05) is 12.1 Å². The number of ether oxygens (including phenoxy) is 1. The number of rotatable bonds is 3. The number of carbonyl (C=O) groups is 1. The molecule has 0 saturated carbocycles. The molecule has 4 heteroatoms. The largest absolute Gasteiger partial charge is 0.496 e. The van der Waals surface area contributed by atoms with E-state index in [1.54, 1.807) is 37.3 Å². The second kappa shape index (κ2) is 4.33. The van der Waals surface area contributed by atoms with E-state index in [1.807, 2.05) is 0 Å². The van der Waals surface area contributed by atoms with E-state index in [2.05, 4.69) is 0 Å². The molecular formula is C13H13NO3. The Morgan fingerprint density at radius 2 is 2.06 bits per heavy atom. The molecular weight excluding hydrogens is 218 g/mol. The zero-order valence-corrected chi connectivity index (χ0v) is 9.69. The minimum absolute atomic E-state index is 0.159. The number of furan rings is 1. The van der Waals surface area contributed by atoms with Gasteiger partial charge in [0, 0.05) is 6.07 Å². The quantitative estimate of drug-likeness (QED) is 0.824. The maximum absolute atomic E-state index is 12.2. The van der Waals surface area contributed by atoms with Gasteiger partial charge in [0.15, 0.2) is 5.76 Å². The number of ketones is 1. The molecule has 88 valence electrons. The lowest BCUT2D eigenvalue weighted by Gasteiger charge is -2.05. The van der Waals surface area contributed by atoms with E-state index in [9.17, 15) is 4.79 Å². The van der Waals surface area contributed by atoms with Crippen LogP contribution in [0.3, 0.4) is 0 Å². The number of methoxy groups -OCH3 is 1. The lowest BCUT2D eigenvalue weighted by atomic mass is 10.1. The van der Waals surface area contributed by atoms with Crippen molar-refractivity contribution >= 4 is 11.5 Å². The van der Waals surface area contributed by atoms with Gasteiger partial charge in [-0.3, -0.25) is 4.79 Å². The summed E-state index contributed by atoms with van der Waals surface area (Å²) in [4.78, 5) is 12.2. The number of hydrogen-bond acceptors (Lipinski definition) is 4. The lowest BCUT2D eigenvalue weighted by Crippen LogP contribution is -2.05. The molecule has 0 aliphatic carbocycles. The molecule has 0 spiro atoms. The molecule has 2 rings (SSSR count). The molecule has 0 bridgehead atoms. The molecule has 17 heavy (non-hydrogen) atoms. The second-order valence-corrected chi connectivity index (χ2v) is 3.67. The Kier molecular flexibility index (Phi) is 2.87. The molecule has 1 aromatic carbocycles. The third-order valence-corrected chi connectivity index (χ3v) is 2.44. The van der Waals surface area contributed by atoms with Crippen LogP contribution in [0.5, 0.6) is 5.75 Å². The summed E-state index contributed by atoms with van der Waals surface area (Å²) in [6, 6.07) is 8.59. The van der Waals surface area contributed by atoms with Crippen molar-refractivity contribution in [3.8, 4) is 5.75 Å². The van der Waals surface area contributed by atoms with Crippen LogP contribution in [0.2, 0.25) is 0 Å². The van der Waals surface area contributed by atoms with Gasteiger partial charge in [-0.05, 0) is 19.1 Å². The predicted molar refractivity (Wildman–Crippen MR) is 64.3 cm³/mol. The van der Waals surface area contributed by atoms with E-state index < -0.39 is 0 Å². The standard InChI is InChI=1S/C13H13NO3/c1-8-7-10(14)13(17-8)12(15)9-5-3-4-6-11(9)16-2/h3-7H,14H2,1-2H3. The van der Waals surface area contributed by atoms with Gasteiger partial charge in [0.2, 0.25) is 5.78 Å². The van der Waals surface area contributed by atoms with Gasteiger partial charge in [-0.2, -0.15) is 0 Å². The van der Waals surface area contributed by atoms with Crippen molar-refractivity contribution in [1.29, 1.82) is 0 Å². The van der Waals surface area contributed by atoms with Crippen LogP contribution in [-0.4, -0.2) is 12.9 Å². The maximum Gasteiger partial charge on any atom is 0.234 e. The Balaban J connectivity index is 2.47. The zero-order valence-electron chi connectivity index (χ0n) is 9.69. The third-order valence-electron chi connectivity index (χ3n) is 2.44. The van der Waals surface area contributed by atoms with Gasteiger partial charge in [0.1, 0.15) is 11.5 Å². The molecule has 0 unspecified atom stereocenters. The first-order valence-electron chi connectivity index (χ1n) is 5.17. The average Bonchev–Trinajstić information content (AvgIpc) is 2.67. The number of anilines is 1. The summed E-state index contributed by atoms with van der Waals surface area (Å²) < 4.78 is 10.4. The number of carbonyl (C=O) groups excluding carboxylic acids is 1. The molecule has 1 aromatic heterocycles. The Morgan fingerprint density at radius 3 is 2.65 bits per heavy atom. The van der Waals surface area contributed by atoms with E-state index in [0.717, 1.165) is 0 Å². The van der Waals surface area contributed by atoms with Crippen LogP contribution in [0.25, 0.3) is 0 Å². The summed E-state index contributed by atoms with van der Waals surface area (Å²) in [7, 11) is 1.52. The fourth-order valence-electron chi connectivity index (χ4n) is 1.67. The monoisotopic (exact) mass is 231 g/mol. The van der Waals surface area contributed by atoms with Crippen molar-refractivity contribution in [2.24, 2.45) is 0 Å². The number of aryl methyl sites for hydroxylation is 1. The predicted octanol–water partition coefficient (Wildman–Crippen LogP) is 2.41. The van der Waals surface area contributed by atoms with Crippen LogP contribution in [-0.2, 0) is 0 Å². The summed E-state index contributed by atoms with van der Waals surface area (Å²) in [5, 5.41) is 0. The Labute approximate surface area is 99.0 Å². The Bertz CT molecular complexity index is 558. The number of para-hydroxylation sites is 1. The highest BCUT2D eigenvalue weighted by molar-refractivity contribution is 6.11. The number of nitrogens with two attached hydrogens (primary N) is 1. The van der Waals surface area contributed by atoms with E-state index in [4.69, 9.17) is 14.9 Å². The molecule has 0 atom stereocenters. The van der Waals surface area contributed by atoms with Gasteiger partial charge in [0.05, 0.1) is 18.4 Å². The highest BCUT2D eigenvalue weighted by Gasteiger charge is 2.20. The molecule has 0 radical (unpaired) electrons. The smallest absolute Gasteiger partial charge is 0.234 e. The highest BCUT2D eigenvalue weighted by Crippen LogP contribution is 2.25. The first kappa shape index (κ1) is 11.3. The van der Waals surface area contributed by atoms with Gasteiger partial charge in [-0.25, -0.2) is 0 Å². The van der Waals surface area contributed by atoms with E-state index in [-0.39, 0.29) is 11.5 Å². The molecule has 1 heterocycles. The summed E-state index contributed by atoms with van der Waals surface area (Å²) in [5.41, 5.74) is 6.50. The third kappa shape index (κ3) is 2.01. The van der Waals surface area contributed by atoms with E-state index in [1.165, 1.54) is 7.11 Å². The normalized spacial score (nSPS) is 10.2. The molecule has 0 aliphatic rings. The SMILES string of the molecule is COc1ccccc1C(=O)c1oc(C)cc1N. The number of nitrogen functional groups attached to an aromatic ring is 1. The zero-order chi connectivity index (χ0) is 12.4. The second-order valence-electron chi connectivity index (χ2n) is 3.67. The minimum Gasteiger partial charge on any atom is -0.496 e. The maximum atomic E-state index is 12.2. The first-order valence-corrected chi connectivity index (χ1v) is 5.17. The van der Waals surface area contributed by atoms with Crippen molar-refractivity contribution < 1.29 is 13.9 Å². The van der Waals surface area contributed by atoms with Crippen molar-refractivity contribution in [1.82, 2.24) is 0 Å². The Morgan fingerprint density at radius 1 is 1.35 bits per heavy atom. The highest BCUT2D eigenvalue weighted by atomic mass is 16.5. The average molecular weight is 231 g/mol. The molecule has 0 amide bonds. The summed E-state index contributed by atoms with van der Waals surface area (Å²) >= 11 is 0. The van der Waals surface area contributed by atoms with Gasteiger partial charge in [-0.15, -0.1) is 0 Å². The first-order chi connectivity index (χ1) is 8.13. The molecule has 0 saturated heterocycles. The van der Waals surface area contributed by atoms with Crippen molar-refractivity contribution in [3.63, 3.8) is 0 Å². The molecule has 4 nitrogen and oxygen atoms in total. The summed E-state index contributed by atoms with van der Waals surface area (Å²) in [6.07, 6.45) is 0. The minimum atomic E-state index is -0.270. The molecule has 0 aliphatic heterocycles. The van der Waals surface area contributed by atoms with Gasteiger partial charge in [0.25, 0.3) is 0 Å². The van der Waals surface area contributed by atoms with Crippen LogP contribution >= 0.6 is 0 Å². The number of hydrogen-bond donors (Lipinski definition) is 1. The van der Waals surface area contributed by atoms with Crippen molar-refractivity contribution in [3.05, 3.63) is 47.4 Å². The van der Waals surface area contributed by atoms with Gasteiger partial charge < -0.3 is 14.9 Å². The molecule has 2 N–H and O–H groups in total. The van der Waals surface area contributed by atoms with Crippen LogP contribution < -0.4 is 10.5 Å². The van der Waals surface area contributed by atoms with Crippen molar-refractivity contribution in [2.45, 2.75) is 6.92 Å². The molecule has 2 aromatic rings. The fraction of sp³-hybridized carbons (Fsp3) is 0.154. The van der Waals surface area contributed by atoms with E-state index >= 15 is 0 Å². The van der Waals surface area contributed by atoms with Crippen LogP contribution in [0, 0.1) is 6.92 Å². The van der Waals surface area contributed by atoms with Crippen LogP contribution in [0.15, 0.2) is 34.7 Å². The van der Waals surface area contributed by atoms with Gasteiger partial charge >= 0.3 is 0 Å². The van der Waals surface area contributed by atoms with Crippen molar-refractivity contribution in [2.75, 3.05) is 12.8 Å². The fourth-order valence-corrected chi connectivity index (χ4v) is 1.67. The Hall–Kier alpha value is -2.23. The van der Waals surface area contributed by atoms with Crippen LogP contribution in [0.1, 0.15) is 21.9 Å². The topological polar surface area (TPSA) is 65.5 Å². The number of benzene rings is 1. The van der Waals surface area contributed by atoms with Crippen LogP contribution in [0.4, 0.5) is 5.69 Å². The summed E-state index contributed by atoms with van der Waals surface area (Å²) in [6.45, 7) is 1.75. The van der Waals surface area contributed by atoms with E-state index in [0.29, 0.717) is 22.8 Å². The molecule has 0 fully saturated rings. The summed E-state index contributed by atoms with van der Waals surface area (Å²) in [5.74, 6) is 1.01. The lowest BCUT2D eigenvalue weighted by molar-refractivity contribution is 0.101.